The first-order chi connectivity index (χ1) is 9.08. The number of benzene rings is 2. The van der Waals surface area contributed by atoms with Crippen LogP contribution in [0.1, 0.15) is 44.1 Å². The van der Waals surface area contributed by atoms with Gasteiger partial charge in [0.1, 0.15) is 0 Å². The van der Waals surface area contributed by atoms with Gasteiger partial charge in [-0.3, -0.25) is 4.79 Å². The fourth-order valence-electron chi connectivity index (χ4n) is 3.24. The maximum absolute atomic E-state index is 12.7. The maximum atomic E-state index is 12.7. The van der Waals surface area contributed by atoms with Crippen molar-refractivity contribution in [1.82, 2.24) is 0 Å². The van der Waals surface area contributed by atoms with Crippen LogP contribution < -0.4 is 0 Å². The van der Waals surface area contributed by atoms with E-state index >= 15 is 0 Å². The lowest BCUT2D eigenvalue weighted by atomic mass is 9.72. The van der Waals surface area contributed by atoms with Crippen LogP contribution in [0, 0.1) is 20.8 Å². The molecule has 0 amide bonds. The Morgan fingerprint density at radius 1 is 1.05 bits per heavy atom. The van der Waals surface area contributed by atoms with Crippen molar-refractivity contribution in [2.75, 3.05) is 0 Å². The van der Waals surface area contributed by atoms with Gasteiger partial charge in [0.15, 0.2) is 5.78 Å². The van der Waals surface area contributed by atoms with E-state index < -0.39 is 0 Å². The van der Waals surface area contributed by atoms with Crippen LogP contribution in [0.25, 0.3) is 0 Å². The Labute approximate surface area is 114 Å². The number of rotatable bonds is 2. The second kappa shape index (κ2) is 4.34. The second-order valence-corrected chi connectivity index (χ2v) is 5.59. The molecule has 0 saturated carbocycles. The minimum absolute atomic E-state index is 0.0660. The molecule has 0 radical (unpaired) electrons. The molecule has 19 heavy (non-hydrogen) atoms. The third kappa shape index (κ3) is 1.90. The highest BCUT2D eigenvalue weighted by molar-refractivity contribution is 6.04. The molecule has 1 unspecified atom stereocenters. The Balaban J connectivity index is 2.00. The molecular formula is C18H18O. The van der Waals surface area contributed by atoms with E-state index in [2.05, 4.69) is 31.2 Å². The third-order valence-electron chi connectivity index (χ3n) is 4.09. The average molecular weight is 250 g/mol. The van der Waals surface area contributed by atoms with Gasteiger partial charge < -0.3 is 0 Å². The van der Waals surface area contributed by atoms with E-state index in [1.807, 2.05) is 26.0 Å². The second-order valence-electron chi connectivity index (χ2n) is 5.59. The summed E-state index contributed by atoms with van der Waals surface area (Å²) in [6, 6.07) is 12.5. The molecule has 0 N–H and O–H groups in total. The van der Waals surface area contributed by atoms with Crippen LogP contribution in [0.5, 0.6) is 0 Å². The number of hydrogen-bond donors (Lipinski definition) is 0. The Morgan fingerprint density at radius 2 is 1.68 bits per heavy atom. The predicted octanol–water partition coefficient (Wildman–Crippen LogP) is 4.13. The summed E-state index contributed by atoms with van der Waals surface area (Å²) >= 11 is 0. The van der Waals surface area contributed by atoms with Gasteiger partial charge in [0.05, 0.1) is 5.92 Å². The van der Waals surface area contributed by atoms with Crippen LogP contribution in [-0.2, 0) is 6.42 Å². The maximum Gasteiger partial charge on any atom is 0.171 e. The van der Waals surface area contributed by atoms with Crippen LogP contribution in [0.2, 0.25) is 0 Å². The smallest absolute Gasteiger partial charge is 0.171 e. The van der Waals surface area contributed by atoms with E-state index in [9.17, 15) is 4.79 Å². The lowest BCUT2D eigenvalue weighted by molar-refractivity contribution is 0.0948. The van der Waals surface area contributed by atoms with E-state index in [0.717, 1.165) is 23.1 Å². The fraction of sp³-hybridized carbons (Fsp3) is 0.278. The Hall–Kier alpha value is -1.89. The van der Waals surface area contributed by atoms with Crippen molar-refractivity contribution in [3.63, 3.8) is 0 Å². The number of carbonyl (C=O) groups excluding carboxylic acids is 1. The summed E-state index contributed by atoms with van der Waals surface area (Å²) in [4.78, 5) is 12.7. The largest absolute Gasteiger partial charge is 0.293 e. The van der Waals surface area contributed by atoms with Crippen molar-refractivity contribution >= 4 is 5.78 Å². The number of hydrogen-bond acceptors (Lipinski definition) is 1. The molecule has 1 heteroatoms. The molecule has 1 atom stereocenters. The van der Waals surface area contributed by atoms with E-state index in [0.29, 0.717) is 0 Å². The molecule has 1 aliphatic carbocycles. The van der Waals surface area contributed by atoms with Gasteiger partial charge in [-0.2, -0.15) is 0 Å². The number of carbonyl (C=O) groups is 1. The molecular weight excluding hydrogens is 232 g/mol. The molecule has 0 aliphatic heterocycles. The molecule has 0 saturated heterocycles. The molecule has 0 heterocycles. The summed E-state index contributed by atoms with van der Waals surface area (Å²) < 4.78 is 0. The first kappa shape index (κ1) is 12.2. The first-order valence-corrected chi connectivity index (χ1v) is 6.78. The van der Waals surface area contributed by atoms with Crippen LogP contribution >= 0.6 is 0 Å². The Morgan fingerprint density at radius 3 is 2.32 bits per heavy atom. The summed E-state index contributed by atoms with van der Waals surface area (Å²) in [6.07, 6.45) is 0.891. The summed E-state index contributed by atoms with van der Waals surface area (Å²) in [5.41, 5.74) is 6.89. The lowest BCUT2D eigenvalue weighted by Gasteiger charge is -2.29. The highest BCUT2D eigenvalue weighted by atomic mass is 16.1. The molecule has 1 nitrogen and oxygen atoms in total. The van der Waals surface area contributed by atoms with Crippen LogP contribution in [0.3, 0.4) is 0 Å². The third-order valence-corrected chi connectivity index (χ3v) is 4.09. The van der Waals surface area contributed by atoms with Gasteiger partial charge in [-0.1, -0.05) is 42.0 Å². The quantitative estimate of drug-likeness (QED) is 0.732. The zero-order chi connectivity index (χ0) is 13.6. The van der Waals surface area contributed by atoms with Gasteiger partial charge in [0.2, 0.25) is 0 Å². The van der Waals surface area contributed by atoms with Crippen LogP contribution in [0.15, 0.2) is 36.4 Å². The molecule has 0 bridgehead atoms. The molecule has 2 aromatic rings. The summed E-state index contributed by atoms with van der Waals surface area (Å²) in [5.74, 6) is 0.352. The van der Waals surface area contributed by atoms with Crippen LogP contribution in [0.4, 0.5) is 0 Å². The van der Waals surface area contributed by atoms with E-state index in [1.165, 1.54) is 16.7 Å². The zero-order valence-electron chi connectivity index (χ0n) is 11.7. The monoisotopic (exact) mass is 250 g/mol. The van der Waals surface area contributed by atoms with Crippen molar-refractivity contribution in [1.29, 1.82) is 0 Å². The van der Waals surface area contributed by atoms with Gasteiger partial charge in [-0.15, -0.1) is 0 Å². The van der Waals surface area contributed by atoms with Gasteiger partial charge in [0, 0.05) is 5.56 Å². The van der Waals surface area contributed by atoms with E-state index in [4.69, 9.17) is 0 Å². The SMILES string of the molecule is Cc1cc(C)c(C(=O)C2Cc3ccccc32)c(C)c1. The van der Waals surface area contributed by atoms with Gasteiger partial charge in [-0.05, 0) is 49.4 Å². The van der Waals surface area contributed by atoms with E-state index in [1.54, 1.807) is 0 Å². The number of fused-ring (bicyclic) bond motifs is 1. The van der Waals surface area contributed by atoms with Gasteiger partial charge in [-0.25, -0.2) is 0 Å². The fourth-order valence-corrected chi connectivity index (χ4v) is 3.24. The van der Waals surface area contributed by atoms with E-state index in [-0.39, 0.29) is 11.7 Å². The minimum Gasteiger partial charge on any atom is -0.293 e. The summed E-state index contributed by atoms with van der Waals surface area (Å²) in [7, 11) is 0. The number of aryl methyl sites for hydroxylation is 3. The number of ketones is 1. The van der Waals surface area contributed by atoms with Gasteiger partial charge in [0.25, 0.3) is 0 Å². The molecule has 96 valence electrons. The zero-order valence-corrected chi connectivity index (χ0v) is 11.7. The van der Waals surface area contributed by atoms with Gasteiger partial charge >= 0.3 is 0 Å². The summed E-state index contributed by atoms with van der Waals surface area (Å²) in [6.45, 7) is 6.16. The molecule has 0 aromatic heterocycles. The Bertz CT molecular complexity index is 644. The summed E-state index contributed by atoms with van der Waals surface area (Å²) in [5, 5.41) is 0. The minimum atomic E-state index is 0.0660. The van der Waals surface area contributed by atoms with Crippen molar-refractivity contribution in [3.8, 4) is 0 Å². The van der Waals surface area contributed by atoms with Crippen molar-refractivity contribution in [3.05, 3.63) is 69.8 Å². The van der Waals surface area contributed by atoms with Crippen molar-refractivity contribution < 1.29 is 4.79 Å². The van der Waals surface area contributed by atoms with Crippen molar-refractivity contribution in [2.45, 2.75) is 33.1 Å². The van der Waals surface area contributed by atoms with Crippen molar-refractivity contribution in [2.24, 2.45) is 0 Å². The first-order valence-electron chi connectivity index (χ1n) is 6.78. The Kier molecular flexibility index (Phi) is 2.78. The number of Topliss-reactive ketones (excluding diaryl/α,β-unsaturated/α-hetero) is 1. The average Bonchev–Trinajstić information content (AvgIpc) is 2.29. The molecule has 0 fully saturated rings. The highest BCUT2D eigenvalue weighted by Gasteiger charge is 2.33. The molecule has 3 rings (SSSR count). The molecule has 1 aliphatic rings. The van der Waals surface area contributed by atoms with Crippen LogP contribution in [-0.4, -0.2) is 5.78 Å². The topological polar surface area (TPSA) is 17.1 Å². The molecule has 2 aromatic carbocycles. The lowest BCUT2D eigenvalue weighted by Crippen LogP contribution is -2.26. The normalized spacial score (nSPS) is 16.7. The predicted molar refractivity (Wildman–Crippen MR) is 77.9 cm³/mol. The highest BCUT2D eigenvalue weighted by Crippen LogP contribution is 2.38. The molecule has 0 spiro atoms. The standard InChI is InChI=1S/C18H18O/c1-11-8-12(2)17(13(3)9-11)18(19)16-10-14-6-4-5-7-15(14)16/h4-9,16H,10H2,1-3H3.